The molecule has 2 aliphatic heterocycles. The summed E-state index contributed by atoms with van der Waals surface area (Å²) in [7, 11) is 0. The summed E-state index contributed by atoms with van der Waals surface area (Å²) >= 11 is 3.62. The fourth-order valence-electron chi connectivity index (χ4n) is 3.53. The number of amides is 1. The van der Waals surface area contributed by atoms with E-state index >= 15 is 0 Å². The predicted octanol–water partition coefficient (Wildman–Crippen LogP) is 3.53. The number of ether oxygens (including phenoxy) is 3. The molecule has 2 aliphatic rings. The maximum absolute atomic E-state index is 12.9. The molecule has 1 amide bonds. The largest absolute Gasteiger partial charge is 0.493 e. The molecule has 2 aromatic carbocycles. The van der Waals surface area contributed by atoms with Crippen LogP contribution in [-0.2, 0) is 6.54 Å². The van der Waals surface area contributed by atoms with Gasteiger partial charge in [-0.25, -0.2) is 0 Å². The van der Waals surface area contributed by atoms with Crippen molar-refractivity contribution in [1.29, 1.82) is 0 Å². The summed E-state index contributed by atoms with van der Waals surface area (Å²) in [5, 5.41) is 0. The Balaban J connectivity index is 1.38. The fourth-order valence-corrected chi connectivity index (χ4v) is 3.97. The van der Waals surface area contributed by atoms with Gasteiger partial charge in [0.25, 0.3) is 5.91 Å². The smallest absolute Gasteiger partial charge is 0.257 e. The number of benzene rings is 2. The van der Waals surface area contributed by atoms with E-state index in [0.29, 0.717) is 31.0 Å². The van der Waals surface area contributed by atoms with Crippen LogP contribution in [0.2, 0.25) is 0 Å². The van der Waals surface area contributed by atoms with E-state index in [-0.39, 0.29) is 12.7 Å². The van der Waals surface area contributed by atoms with Crippen molar-refractivity contribution in [3.05, 3.63) is 52.0 Å². The Morgan fingerprint density at radius 3 is 2.57 bits per heavy atom. The van der Waals surface area contributed by atoms with E-state index in [1.165, 1.54) is 0 Å². The highest BCUT2D eigenvalue weighted by Gasteiger charge is 2.25. The highest BCUT2D eigenvalue weighted by molar-refractivity contribution is 9.10. The minimum Gasteiger partial charge on any atom is -0.493 e. The topological polar surface area (TPSA) is 51.2 Å². The summed E-state index contributed by atoms with van der Waals surface area (Å²) in [6, 6.07) is 11.4. The van der Waals surface area contributed by atoms with Gasteiger partial charge in [0.2, 0.25) is 6.79 Å². The minimum atomic E-state index is 0.0351. The van der Waals surface area contributed by atoms with Crippen molar-refractivity contribution in [2.24, 2.45) is 0 Å². The number of hydrogen-bond acceptors (Lipinski definition) is 5. The number of fused-ring (bicyclic) bond motifs is 1. The SMILES string of the molecule is CCOc1ccccc1C(=O)N1CCN(Cc2cc3c(cc2Br)OCO3)CC1. The average Bonchev–Trinajstić information content (AvgIpc) is 3.16. The second-order valence-electron chi connectivity index (χ2n) is 6.79. The van der Waals surface area contributed by atoms with Gasteiger partial charge in [-0.05, 0) is 36.8 Å². The van der Waals surface area contributed by atoms with E-state index in [1.807, 2.05) is 48.2 Å². The van der Waals surface area contributed by atoms with Crippen molar-refractivity contribution < 1.29 is 19.0 Å². The van der Waals surface area contributed by atoms with Gasteiger partial charge in [0.1, 0.15) is 5.75 Å². The maximum Gasteiger partial charge on any atom is 0.257 e. The van der Waals surface area contributed by atoms with Crippen molar-refractivity contribution in [1.82, 2.24) is 9.80 Å². The fraction of sp³-hybridized carbons (Fsp3) is 0.381. The molecule has 7 heteroatoms. The standard InChI is InChI=1S/C21H23BrN2O4/c1-2-26-18-6-4-3-5-16(18)21(25)24-9-7-23(8-10-24)13-15-11-19-20(12-17(15)22)28-14-27-19/h3-6,11-12H,2,7-10,13-14H2,1H3. The van der Waals surface area contributed by atoms with Crippen LogP contribution in [0.5, 0.6) is 17.2 Å². The number of rotatable bonds is 5. The molecule has 0 unspecified atom stereocenters. The Morgan fingerprint density at radius 2 is 1.82 bits per heavy atom. The van der Waals surface area contributed by atoms with Gasteiger partial charge in [-0.15, -0.1) is 0 Å². The van der Waals surface area contributed by atoms with Crippen molar-refractivity contribution in [2.75, 3.05) is 39.6 Å². The Labute approximate surface area is 173 Å². The lowest BCUT2D eigenvalue weighted by atomic mass is 10.1. The molecule has 0 spiro atoms. The normalized spacial score (nSPS) is 16.3. The highest BCUT2D eigenvalue weighted by Crippen LogP contribution is 2.37. The first-order valence-electron chi connectivity index (χ1n) is 9.47. The van der Waals surface area contributed by atoms with E-state index < -0.39 is 0 Å². The first-order chi connectivity index (χ1) is 13.7. The number of nitrogens with zero attached hydrogens (tertiary/aromatic N) is 2. The van der Waals surface area contributed by atoms with Crippen molar-refractivity contribution >= 4 is 21.8 Å². The molecule has 2 heterocycles. The zero-order chi connectivity index (χ0) is 19.5. The summed E-state index contributed by atoms with van der Waals surface area (Å²) < 4.78 is 17.5. The van der Waals surface area contributed by atoms with E-state index in [4.69, 9.17) is 14.2 Å². The van der Waals surface area contributed by atoms with E-state index in [0.717, 1.165) is 41.2 Å². The first-order valence-corrected chi connectivity index (χ1v) is 10.3. The van der Waals surface area contributed by atoms with Crippen LogP contribution in [0.1, 0.15) is 22.8 Å². The molecule has 0 aromatic heterocycles. The highest BCUT2D eigenvalue weighted by atomic mass is 79.9. The summed E-state index contributed by atoms with van der Waals surface area (Å²) in [6.07, 6.45) is 0. The van der Waals surface area contributed by atoms with Crippen LogP contribution in [-0.4, -0.2) is 55.3 Å². The van der Waals surface area contributed by atoms with Crippen LogP contribution in [0.15, 0.2) is 40.9 Å². The van der Waals surface area contributed by atoms with Crippen LogP contribution in [0, 0.1) is 0 Å². The zero-order valence-electron chi connectivity index (χ0n) is 15.8. The lowest BCUT2D eigenvalue weighted by Gasteiger charge is -2.35. The van der Waals surface area contributed by atoms with E-state index in [2.05, 4.69) is 20.8 Å². The first kappa shape index (κ1) is 19.1. The molecule has 4 rings (SSSR count). The lowest BCUT2D eigenvalue weighted by molar-refractivity contribution is 0.0624. The van der Waals surface area contributed by atoms with E-state index in [1.54, 1.807) is 0 Å². The molecule has 28 heavy (non-hydrogen) atoms. The quantitative estimate of drug-likeness (QED) is 0.702. The molecule has 2 aromatic rings. The van der Waals surface area contributed by atoms with Gasteiger partial charge >= 0.3 is 0 Å². The van der Waals surface area contributed by atoms with Crippen LogP contribution in [0.4, 0.5) is 0 Å². The number of hydrogen-bond donors (Lipinski definition) is 0. The molecule has 1 fully saturated rings. The molecular weight excluding hydrogens is 424 g/mol. The van der Waals surface area contributed by atoms with Gasteiger partial charge in [-0.3, -0.25) is 9.69 Å². The molecule has 0 N–H and O–H groups in total. The van der Waals surface area contributed by atoms with Gasteiger partial charge in [-0.2, -0.15) is 0 Å². The number of halogens is 1. The monoisotopic (exact) mass is 446 g/mol. The van der Waals surface area contributed by atoms with Crippen LogP contribution >= 0.6 is 15.9 Å². The number of carbonyl (C=O) groups excluding carboxylic acids is 1. The molecule has 0 saturated carbocycles. The Morgan fingerprint density at radius 1 is 1.11 bits per heavy atom. The Hall–Kier alpha value is -2.25. The van der Waals surface area contributed by atoms with Gasteiger partial charge in [0, 0.05) is 37.2 Å². The maximum atomic E-state index is 12.9. The summed E-state index contributed by atoms with van der Waals surface area (Å²) in [6.45, 7) is 6.58. The number of piperazine rings is 1. The van der Waals surface area contributed by atoms with Gasteiger partial charge in [0.15, 0.2) is 11.5 Å². The third-order valence-corrected chi connectivity index (χ3v) is 5.75. The average molecular weight is 447 g/mol. The zero-order valence-corrected chi connectivity index (χ0v) is 17.4. The molecule has 0 atom stereocenters. The van der Waals surface area contributed by atoms with Crippen molar-refractivity contribution in [2.45, 2.75) is 13.5 Å². The Kier molecular flexibility index (Phi) is 5.73. The van der Waals surface area contributed by atoms with E-state index in [9.17, 15) is 4.79 Å². The lowest BCUT2D eigenvalue weighted by Crippen LogP contribution is -2.48. The third-order valence-electron chi connectivity index (χ3n) is 5.01. The van der Waals surface area contributed by atoms with Crippen LogP contribution < -0.4 is 14.2 Å². The number of para-hydroxylation sites is 1. The summed E-state index contributed by atoms with van der Waals surface area (Å²) in [5.41, 5.74) is 1.79. The molecule has 6 nitrogen and oxygen atoms in total. The predicted molar refractivity (Wildman–Crippen MR) is 109 cm³/mol. The van der Waals surface area contributed by atoms with Gasteiger partial charge in [-0.1, -0.05) is 28.1 Å². The second kappa shape index (κ2) is 8.41. The second-order valence-corrected chi connectivity index (χ2v) is 7.65. The van der Waals surface area contributed by atoms with Crippen molar-refractivity contribution in [3.8, 4) is 17.2 Å². The molecule has 1 saturated heterocycles. The summed E-state index contributed by atoms with van der Waals surface area (Å²) in [4.78, 5) is 17.2. The van der Waals surface area contributed by atoms with Crippen molar-refractivity contribution in [3.63, 3.8) is 0 Å². The number of carbonyl (C=O) groups is 1. The molecule has 0 bridgehead atoms. The minimum absolute atomic E-state index is 0.0351. The molecular formula is C21H23BrN2O4. The Bertz CT molecular complexity index is 865. The molecule has 148 valence electrons. The van der Waals surface area contributed by atoms with Gasteiger partial charge in [0.05, 0.1) is 12.2 Å². The molecule has 0 radical (unpaired) electrons. The van der Waals surface area contributed by atoms with Crippen LogP contribution in [0.3, 0.4) is 0 Å². The van der Waals surface area contributed by atoms with Gasteiger partial charge < -0.3 is 19.1 Å². The van der Waals surface area contributed by atoms with Crippen LogP contribution in [0.25, 0.3) is 0 Å². The summed E-state index contributed by atoms with van der Waals surface area (Å²) in [5.74, 6) is 2.26. The third kappa shape index (κ3) is 3.95. The molecule has 0 aliphatic carbocycles.